The van der Waals surface area contributed by atoms with E-state index in [2.05, 4.69) is 28.3 Å². The largest absolute Gasteiger partial charge is 1.00 e. The SMILES string of the molecule is COc1c[c-]c([N+](=O)[O-])cc1Nc1ncc2cc(-c3ccccc3OC)c(=O)n(C)c2n1.[CH2-]CN(C)C.[CH3-].[Li+]. The normalized spacial score (nSPS) is 10.0. The Hall–Kier alpha value is -3.91. The van der Waals surface area contributed by atoms with Crippen LogP contribution in [0.1, 0.15) is 0 Å². The number of nitrogens with one attached hydrogen (secondary N) is 1. The number of hydrogen-bond acceptors (Lipinski definition) is 9. The third-order valence-electron chi connectivity index (χ3n) is 5.35. The van der Waals surface area contributed by atoms with Gasteiger partial charge in [-0.2, -0.15) is 4.98 Å². The topological polar surface area (TPSA) is 125 Å². The maximum atomic E-state index is 13.1. The second kappa shape index (κ2) is 14.9. The van der Waals surface area contributed by atoms with E-state index in [1.165, 1.54) is 23.8 Å². The first-order chi connectivity index (χ1) is 17.7. The molecule has 0 bridgehead atoms. The Bertz CT molecular complexity index is 1480. The fourth-order valence-corrected chi connectivity index (χ4v) is 3.33. The van der Waals surface area contributed by atoms with Crippen LogP contribution in [0.15, 0.2) is 53.5 Å². The fourth-order valence-electron chi connectivity index (χ4n) is 3.33. The first-order valence-electron chi connectivity index (χ1n) is 11.1. The number of anilines is 2. The molecule has 0 aliphatic heterocycles. The Morgan fingerprint density at radius 3 is 2.38 bits per heavy atom. The van der Waals surface area contributed by atoms with E-state index in [9.17, 15) is 14.9 Å². The van der Waals surface area contributed by atoms with Crippen LogP contribution in [-0.2, 0) is 7.05 Å². The third kappa shape index (κ3) is 7.80. The molecule has 0 atom stereocenters. The van der Waals surface area contributed by atoms with Gasteiger partial charge in [0.2, 0.25) is 5.95 Å². The number of nitro benzene ring substituents is 1. The van der Waals surface area contributed by atoms with Crippen molar-refractivity contribution >= 4 is 28.4 Å². The molecule has 11 nitrogen and oxygen atoms in total. The number of methoxy groups -OCH3 is 2. The van der Waals surface area contributed by atoms with Gasteiger partial charge >= 0.3 is 18.9 Å². The van der Waals surface area contributed by atoms with E-state index < -0.39 is 4.92 Å². The second-order valence-electron chi connectivity index (χ2n) is 8.08. The van der Waals surface area contributed by atoms with E-state index >= 15 is 0 Å². The number of fused-ring (bicyclic) bond motifs is 1. The van der Waals surface area contributed by atoms with Crippen LogP contribution in [0.3, 0.4) is 0 Å². The van der Waals surface area contributed by atoms with Crippen LogP contribution >= 0.6 is 0 Å². The first-order valence-corrected chi connectivity index (χ1v) is 11.1. The molecule has 0 aliphatic rings. The van der Waals surface area contributed by atoms with Crippen LogP contribution in [0.2, 0.25) is 0 Å². The van der Waals surface area contributed by atoms with Gasteiger partial charge in [0.25, 0.3) is 5.56 Å². The molecule has 0 fully saturated rings. The van der Waals surface area contributed by atoms with Gasteiger partial charge in [-0.1, -0.05) is 30.3 Å². The molecule has 0 unspecified atom stereocenters. The number of pyridine rings is 1. The average molecular weight is 527 g/mol. The minimum absolute atomic E-state index is 0. The van der Waals surface area contributed by atoms with E-state index in [1.54, 1.807) is 32.5 Å². The van der Waals surface area contributed by atoms with E-state index in [4.69, 9.17) is 9.47 Å². The predicted molar refractivity (Wildman–Crippen MR) is 149 cm³/mol. The van der Waals surface area contributed by atoms with Crippen molar-refractivity contribution in [2.45, 2.75) is 0 Å². The number of hydrogen-bond donors (Lipinski definition) is 1. The maximum absolute atomic E-state index is 13.1. The van der Waals surface area contributed by atoms with Gasteiger partial charge in [0.1, 0.15) is 11.4 Å². The first kappa shape index (κ1) is 33.1. The van der Waals surface area contributed by atoms with Gasteiger partial charge in [0, 0.05) is 34.9 Å². The molecular weight excluding hydrogens is 495 g/mol. The van der Waals surface area contributed by atoms with Crippen LogP contribution in [0.25, 0.3) is 22.2 Å². The van der Waals surface area contributed by atoms with Crippen LogP contribution in [0, 0.1) is 30.5 Å². The average Bonchev–Trinajstić information content (AvgIpc) is 2.91. The third-order valence-corrected chi connectivity index (χ3v) is 5.35. The zero-order valence-corrected chi connectivity index (χ0v) is 23.3. The van der Waals surface area contributed by atoms with E-state index in [-0.39, 0.29) is 43.5 Å². The number of ether oxygens (including phenoxy) is 2. The zero-order valence-electron chi connectivity index (χ0n) is 23.3. The van der Waals surface area contributed by atoms with Gasteiger partial charge < -0.3 is 34.0 Å². The zero-order chi connectivity index (χ0) is 27.1. The Kier molecular flexibility index (Phi) is 12.6. The van der Waals surface area contributed by atoms with Crippen LogP contribution in [-0.4, -0.2) is 59.2 Å². The smallest absolute Gasteiger partial charge is 0.552 e. The van der Waals surface area contributed by atoms with Gasteiger partial charge in [-0.05, 0) is 31.9 Å². The van der Waals surface area contributed by atoms with Crippen LogP contribution in [0.4, 0.5) is 17.3 Å². The van der Waals surface area contributed by atoms with Crippen molar-refractivity contribution in [2.75, 3.05) is 40.2 Å². The maximum Gasteiger partial charge on any atom is 1.00 e. The number of nitrogens with zero attached hydrogens (tertiary/aromatic N) is 5. The van der Waals surface area contributed by atoms with Crippen molar-refractivity contribution in [3.05, 3.63) is 89.5 Å². The number of benzene rings is 2. The van der Waals surface area contributed by atoms with E-state index in [1.807, 2.05) is 37.2 Å². The van der Waals surface area contributed by atoms with E-state index in [0.29, 0.717) is 39.3 Å². The molecule has 39 heavy (non-hydrogen) atoms. The molecule has 0 saturated heterocycles. The number of aryl methyl sites for hydroxylation is 1. The summed E-state index contributed by atoms with van der Waals surface area (Å²) in [5.41, 5.74) is 1.32. The summed E-state index contributed by atoms with van der Waals surface area (Å²) < 4.78 is 12.0. The number of nitro groups is 1. The molecule has 0 amide bonds. The number of aromatic nitrogens is 3. The minimum Gasteiger partial charge on any atom is -0.552 e. The molecule has 12 heteroatoms. The summed E-state index contributed by atoms with van der Waals surface area (Å²) >= 11 is 0. The van der Waals surface area contributed by atoms with Crippen LogP contribution < -0.4 is 39.2 Å². The Balaban J connectivity index is 0.000000998. The monoisotopic (exact) mass is 526 g/mol. The Labute approximate surface area is 240 Å². The number of para-hydroxylation sites is 1. The molecule has 1 N–H and O–H groups in total. The summed E-state index contributed by atoms with van der Waals surface area (Å²) in [5.74, 6) is 1.06. The molecule has 0 spiro atoms. The van der Waals surface area contributed by atoms with Crippen molar-refractivity contribution in [1.29, 1.82) is 0 Å². The molecular formula is C27H31LiN6O5-2. The number of rotatable bonds is 7. The molecule has 0 aliphatic carbocycles. The van der Waals surface area contributed by atoms with Gasteiger partial charge in [0.05, 0.1) is 19.8 Å². The summed E-state index contributed by atoms with van der Waals surface area (Å²) in [4.78, 5) is 34.3. The summed E-state index contributed by atoms with van der Waals surface area (Å²) in [6.07, 6.45) is 1.57. The van der Waals surface area contributed by atoms with Gasteiger partial charge in [-0.25, -0.2) is 4.98 Å². The van der Waals surface area contributed by atoms with Gasteiger partial charge in [-0.15, -0.1) is 12.6 Å². The van der Waals surface area contributed by atoms with Crippen molar-refractivity contribution < 1.29 is 33.3 Å². The number of non-ortho nitro benzene ring substituents is 1. The molecule has 202 valence electrons. The summed E-state index contributed by atoms with van der Waals surface area (Å²) in [6, 6.07) is 14.1. The molecule has 2 aromatic heterocycles. The molecule has 0 saturated carbocycles. The summed E-state index contributed by atoms with van der Waals surface area (Å²) in [5, 5.41) is 14.6. The second-order valence-corrected chi connectivity index (χ2v) is 8.08. The molecule has 4 aromatic rings. The Morgan fingerprint density at radius 1 is 1.15 bits per heavy atom. The summed E-state index contributed by atoms with van der Waals surface area (Å²) in [6.45, 7) is 4.50. The van der Waals surface area contributed by atoms with Crippen LogP contribution in [0.5, 0.6) is 11.5 Å². The molecule has 2 aromatic carbocycles. The van der Waals surface area contributed by atoms with Gasteiger partial charge in [0.15, 0.2) is 5.69 Å². The predicted octanol–water partition coefficient (Wildman–Crippen LogP) is 1.30. The van der Waals surface area contributed by atoms with Crippen molar-refractivity contribution in [2.24, 2.45) is 7.05 Å². The minimum atomic E-state index is -0.561. The Morgan fingerprint density at radius 2 is 1.79 bits per heavy atom. The van der Waals surface area contributed by atoms with Crippen molar-refractivity contribution in [3.63, 3.8) is 0 Å². The van der Waals surface area contributed by atoms with Crippen molar-refractivity contribution in [3.8, 4) is 22.6 Å². The molecule has 0 radical (unpaired) electrons. The van der Waals surface area contributed by atoms with Gasteiger partial charge in [-0.3, -0.25) is 19.5 Å². The fraction of sp³-hybridized carbons (Fsp3) is 0.222. The quantitative estimate of drug-likeness (QED) is 0.164. The standard InChI is InChI=1S/C22H18N5O5.C4H10N.CH3.Li/c1-26-20-13(10-16(21(26)28)15-6-4-5-7-18(15)31-2)12-23-22(25-20)24-17-11-14(27(29)30)8-9-19(17)32-3;1-4-5(2)3;;/h4-7,9-12H,1-3H3,(H,23,24,25);1,4H2,2-3H3;1H3;/q3*-1;+1. The molecule has 4 rings (SSSR count). The summed E-state index contributed by atoms with van der Waals surface area (Å²) in [7, 11) is 8.58. The molecule has 2 heterocycles. The van der Waals surface area contributed by atoms with E-state index in [0.717, 1.165) is 6.54 Å². The van der Waals surface area contributed by atoms with Crippen molar-refractivity contribution in [1.82, 2.24) is 19.4 Å².